The number of fused-ring (bicyclic) bond motifs is 1. The van der Waals surface area contributed by atoms with Crippen LogP contribution in [0.15, 0.2) is 47.5 Å². The van der Waals surface area contributed by atoms with Crippen LogP contribution in [0.2, 0.25) is 0 Å². The molecule has 0 unspecified atom stereocenters. The Morgan fingerprint density at radius 2 is 1.93 bits per heavy atom. The molecule has 0 radical (unpaired) electrons. The number of rotatable bonds is 7. The molecular formula is C19H24IN3O4. The van der Waals surface area contributed by atoms with Gasteiger partial charge in [-0.05, 0) is 18.2 Å². The minimum atomic E-state index is 0. The number of guanidine groups is 1. The van der Waals surface area contributed by atoms with Crippen LogP contribution in [-0.4, -0.2) is 40.1 Å². The molecule has 0 fully saturated rings. The van der Waals surface area contributed by atoms with E-state index < -0.39 is 0 Å². The van der Waals surface area contributed by atoms with Crippen LogP contribution in [0.25, 0.3) is 0 Å². The van der Waals surface area contributed by atoms with Gasteiger partial charge in [-0.1, -0.05) is 18.2 Å². The van der Waals surface area contributed by atoms with Crippen LogP contribution in [0.3, 0.4) is 0 Å². The molecule has 0 atom stereocenters. The number of hydrogen-bond donors (Lipinski definition) is 2. The Bertz CT molecular complexity index is 770. The van der Waals surface area contributed by atoms with Crippen molar-refractivity contribution in [2.75, 3.05) is 34.1 Å². The van der Waals surface area contributed by atoms with Gasteiger partial charge in [-0.15, -0.1) is 24.0 Å². The molecule has 3 rings (SSSR count). The number of nitrogens with zero attached hydrogens (tertiary/aromatic N) is 1. The third-order valence-corrected chi connectivity index (χ3v) is 3.87. The van der Waals surface area contributed by atoms with Gasteiger partial charge in [0.25, 0.3) is 0 Å². The van der Waals surface area contributed by atoms with Gasteiger partial charge >= 0.3 is 0 Å². The second-order valence-corrected chi connectivity index (χ2v) is 5.53. The summed E-state index contributed by atoms with van der Waals surface area (Å²) in [7, 11) is 3.40. The zero-order valence-corrected chi connectivity index (χ0v) is 17.7. The van der Waals surface area contributed by atoms with Crippen molar-refractivity contribution in [1.29, 1.82) is 0 Å². The average Bonchev–Trinajstić information content (AvgIpc) is 3.15. The Morgan fingerprint density at radius 1 is 1.11 bits per heavy atom. The molecule has 1 aliphatic heterocycles. The number of aliphatic imine (C=N–C) groups is 1. The number of para-hydroxylation sites is 1. The molecule has 2 aromatic carbocycles. The van der Waals surface area contributed by atoms with E-state index in [1.807, 2.05) is 42.5 Å². The highest BCUT2D eigenvalue weighted by atomic mass is 127. The zero-order chi connectivity index (χ0) is 18.2. The summed E-state index contributed by atoms with van der Waals surface area (Å²) in [6.07, 6.45) is 0. The Labute approximate surface area is 176 Å². The molecule has 0 aliphatic carbocycles. The van der Waals surface area contributed by atoms with Gasteiger partial charge in [0.2, 0.25) is 6.79 Å². The van der Waals surface area contributed by atoms with E-state index >= 15 is 0 Å². The van der Waals surface area contributed by atoms with Crippen molar-refractivity contribution in [2.24, 2.45) is 4.99 Å². The second kappa shape index (κ2) is 10.7. The summed E-state index contributed by atoms with van der Waals surface area (Å²) >= 11 is 0. The standard InChI is InChI=1S/C19H23N3O4.HI/c1-20-19(22-12-14-5-3-4-6-16(14)23-2)21-9-10-24-15-7-8-17-18(11-15)26-13-25-17;/h3-8,11H,9-10,12-13H2,1-2H3,(H2,20,21,22);1H. The normalized spacial score (nSPS) is 12.1. The molecule has 0 saturated heterocycles. The van der Waals surface area contributed by atoms with Gasteiger partial charge in [-0.25, -0.2) is 0 Å². The fourth-order valence-corrected chi connectivity index (χ4v) is 2.55. The van der Waals surface area contributed by atoms with Crippen LogP contribution in [0, 0.1) is 0 Å². The minimum absolute atomic E-state index is 0. The smallest absolute Gasteiger partial charge is 0.231 e. The summed E-state index contributed by atoms with van der Waals surface area (Å²) in [5.74, 6) is 3.75. The highest BCUT2D eigenvalue weighted by Crippen LogP contribution is 2.34. The molecule has 0 saturated carbocycles. The van der Waals surface area contributed by atoms with Gasteiger partial charge in [0.15, 0.2) is 17.5 Å². The SMILES string of the molecule is CN=C(NCCOc1ccc2c(c1)OCO2)NCc1ccccc1OC.I. The maximum atomic E-state index is 5.72. The first-order valence-corrected chi connectivity index (χ1v) is 8.39. The first-order chi connectivity index (χ1) is 12.8. The molecule has 27 heavy (non-hydrogen) atoms. The van der Waals surface area contributed by atoms with Gasteiger partial charge in [0, 0.05) is 25.2 Å². The Balaban J connectivity index is 0.00000261. The van der Waals surface area contributed by atoms with E-state index in [1.165, 1.54) is 0 Å². The zero-order valence-electron chi connectivity index (χ0n) is 15.4. The monoisotopic (exact) mass is 485 g/mol. The molecule has 0 aromatic heterocycles. The number of nitrogens with one attached hydrogen (secondary N) is 2. The molecule has 0 bridgehead atoms. The lowest BCUT2D eigenvalue weighted by atomic mass is 10.2. The molecule has 1 aliphatic rings. The van der Waals surface area contributed by atoms with Crippen LogP contribution in [0.4, 0.5) is 0 Å². The molecule has 1 heterocycles. The van der Waals surface area contributed by atoms with E-state index in [9.17, 15) is 0 Å². The van der Waals surface area contributed by atoms with Crippen molar-refractivity contribution in [3.05, 3.63) is 48.0 Å². The highest BCUT2D eigenvalue weighted by molar-refractivity contribution is 14.0. The minimum Gasteiger partial charge on any atom is -0.496 e. The number of hydrogen-bond acceptors (Lipinski definition) is 5. The van der Waals surface area contributed by atoms with Gasteiger partial charge in [-0.3, -0.25) is 4.99 Å². The van der Waals surface area contributed by atoms with Crippen molar-refractivity contribution >= 4 is 29.9 Å². The third kappa shape index (κ3) is 5.81. The van der Waals surface area contributed by atoms with Crippen molar-refractivity contribution < 1.29 is 18.9 Å². The fraction of sp³-hybridized carbons (Fsp3) is 0.316. The van der Waals surface area contributed by atoms with Crippen molar-refractivity contribution in [3.8, 4) is 23.0 Å². The van der Waals surface area contributed by atoms with Crippen LogP contribution in [-0.2, 0) is 6.54 Å². The van der Waals surface area contributed by atoms with Crippen LogP contribution in [0.1, 0.15) is 5.56 Å². The van der Waals surface area contributed by atoms with Crippen molar-refractivity contribution in [3.63, 3.8) is 0 Å². The molecular weight excluding hydrogens is 461 g/mol. The van der Waals surface area contributed by atoms with E-state index in [0.29, 0.717) is 31.4 Å². The molecule has 7 nitrogen and oxygen atoms in total. The third-order valence-electron chi connectivity index (χ3n) is 3.87. The van der Waals surface area contributed by atoms with Crippen molar-refractivity contribution in [1.82, 2.24) is 10.6 Å². The predicted molar refractivity (Wildman–Crippen MR) is 115 cm³/mol. The molecule has 0 amide bonds. The number of benzene rings is 2. The van der Waals surface area contributed by atoms with Gasteiger partial charge in [0.05, 0.1) is 13.7 Å². The van der Waals surface area contributed by atoms with E-state index in [2.05, 4.69) is 15.6 Å². The van der Waals surface area contributed by atoms with Crippen LogP contribution >= 0.6 is 24.0 Å². The molecule has 2 aromatic rings. The molecule has 8 heteroatoms. The maximum Gasteiger partial charge on any atom is 0.231 e. The maximum absolute atomic E-state index is 5.72. The number of halogens is 1. The van der Waals surface area contributed by atoms with Gasteiger partial charge in [0.1, 0.15) is 18.1 Å². The van der Waals surface area contributed by atoms with Crippen LogP contribution < -0.4 is 29.6 Å². The van der Waals surface area contributed by atoms with Crippen LogP contribution in [0.5, 0.6) is 23.0 Å². The van der Waals surface area contributed by atoms with Gasteiger partial charge in [-0.2, -0.15) is 0 Å². The Hall–Kier alpha value is -2.36. The first-order valence-electron chi connectivity index (χ1n) is 8.39. The Kier molecular flexibility index (Phi) is 8.31. The lowest BCUT2D eigenvalue weighted by Crippen LogP contribution is -2.38. The molecule has 2 N–H and O–H groups in total. The second-order valence-electron chi connectivity index (χ2n) is 5.53. The first kappa shape index (κ1) is 20.9. The summed E-state index contributed by atoms with van der Waals surface area (Å²) in [4.78, 5) is 4.21. The lowest BCUT2D eigenvalue weighted by molar-refractivity contribution is 0.173. The van der Waals surface area contributed by atoms with E-state index in [4.69, 9.17) is 18.9 Å². The molecule has 146 valence electrons. The summed E-state index contributed by atoms with van der Waals surface area (Å²) < 4.78 is 21.7. The summed E-state index contributed by atoms with van der Waals surface area (Å²) in [6, 6.07) is 13.4. The number of ether oxygens (including phenoxy) is 4. The number of methoxy groups -OCH3 is 1. The fourth-order valence-electron chi connectivity index (χ4n) is 2.55. The summed E-state index contributed by atoms with van der Waals surface area (Å²) in [6.45, 7) is 1.98. The lowest BCUT2D eigenvalue weighted by Gasteiger charge is -2.14. The average molecular weight is 485 g/mol. The van der Waals surface area contributed by atoms with E-state index in [0.717, 1.165) is 22.8 Å². The Morgan fingerprint density at radius 3 is 2.74 bits per heavy atom. The molecule has 0 spiro atoms. The highest BCUT2D eigenvalue weighted by Gasteiger charge is 2.13. The van der Waals surface area contributed by atoms with E-state index in [-0.39, 0.29) is 30.8 Å². The largest absolute Gasteiger partial charge is 0.496 e. The van der Waals surface area contributed by atoms with Gasteiger partial charge < -0.3 is 29.6 Å². The summed E-state index contributed by atoms with van der Waals surface area (Å²) in [5.41, 5.74) is 1.06. The van der Waals surface area contributed by atoms with E-state index in [1.54, 1.807) is 14.2 Å². The predicted octanol–water partition coefficient (Wildman–Crippen LogP) is 2.79. The topological polar surface area (TPSA) is 73.3 Å². The summed E-state index contributed by atoms with van der Waals surface area (Å²) in [5, 5.41) is 6.48. The van der Waals surface area contributed by atoms with Crippen molar-refractivity contribution in [2.45, 2.75) is 6.54 Å². The quantitative estimate of drug-likeness (QED) is 0.272.